The van der Waals surface area contributed by atoms with Gasteiger partial charge < -0.3 is 14.2 Å². The van der Waals surface area contributed by atoms with Gasteiger partial charge in [-0.25, -0.2) is 0 Å². The lowest BCUT2D eigenvalue weighted by molar-refractivity contribution is -0.148. The molecule has 0 atom stereocenters. The van der Waals surface area contributed by atoms with Crippen LogP contribution < -0.4 is 9.47 Å². The van der Waals surface area contributed by atoms with Crippen LogP contribution in [0.25, 0.3) is 0 Å². The molecule has 1 aromatic carbocycles. The number of ether oxygens (including phenoxy) is 3. The van der Waals surface area contributed by atoms with Gasteiger partial charge in [0.05, 0.1) is 26.9 Å². The van der Waals surface area contributed by atoms with Crippen LogP contribution in [-0.2, 0) is 16.1 Å². The van der Waals surface area contributed by atoms with Gasteiger partial charge in [0.25, 0.3) is 0 Å². The third-order valence-corrected chi connectivity index (χ3v) is 3.02. The molecule has 1 rings (SSSR count). The molecule has 118 valence electrons. The second-order valence-corrected chi connectivity index (χ2v) is 5.03. The van der Waals surface area contributed by atoms with E-state index in [2.05, 4.69) is 0 Å². The number of benzene rings is 1. The molecule has 0 aliphatic rings. The van der Waals surface area contributed by atoms with Gasteiger partial charge in [-0.2, -0.15) is 0 Å². The van der Waals surface area contributed by atoms with E-state index in [1.807, 2.05) is 43.9 Å². The third kappa shape index (κ3) is 5.63. The zero-order valence-corrected chi connectivity index (χ0v) is 13.5. The predicted molar refractivity (Wildman–Crippen MR) is 81.7 cm³/mol. The predicted octanol–water partition coefficient (Wildman–Crippen LogP) is 2.48. The second kappa shape index (κ2) is 8.52. The van der Waals surface area contributed by atoms with Crippen molar-refractivity contribution in [3.63, 3.8) is 0 Å². The van der Waals surface area contributed by atoms with Crippen molar-refractivity contribution in [2.75, 3.05) is 27.3 Å². The van der Waals surface area contributed by atoms with Crippen molar-refractivity contribution in [1.29, 1.82) is 0 Å². The summed E-state index contributed by atoms with van der Waals surface area (Å²) in [6, 6.07) is 5.77. The van der Waals surface area contributed by atoms with Gasteiger partial charge in [-0.1, -0.05) is 13.0 Å². The van der Waals surface area contributed by atoms with Crippen LogP contribution >= 0.6 is 0 Å². The van der Waals surface area contributed by atoms with E-state index in [0.29, 0.717) is 18.0 Å². The summed E-state index contributed by atoms with van der Waals surface area (Å²) in [5.74, 6) is 1.19. The first-order valence-electron chi connectivity index (χ1n) is 7.12. The van der Waals surface area contributed by atoms with Crippen molar-refractivity contribution in [2.24, 2.45) is 0 Å². The van der Waals surface area contributed by atoms with Gasteiger partial charge in [0.1, 0.15) is 0 Å². The minimum atomic E-state index is -0.202. The fraction of sp³-hybridized carbons (Fsp3) is 0.562. The highest BCUT2D eigenvalue weighted by molar-refractivity contribution is 5.71. The maximum Gasteiger partial charge on any atom is 0.320 e. The topological polar surface area (TPSA) is 48.0 Å². The SMILES string of the molecule is CCN(CC(=O)OC(C)C)Cc1ccc(OC)c(OC)c1. The number of hydrogen-bond donors (Lipinski definition) is 0. The summed E-state index contributed by atoms with van der Waals surface area (Å²) >= 11 is 0. The molecule has 1 aromatic rings. The molecule has 5 heteroatoms. The zero-order valence-electron chi connectivity index (χ0n) is 13.5. The van der Waals surface area contributed by atoms with Gasteiger partial charge in [0.2, 0.25) is 0 Å². The molecule has 21 heavy (non-hydrogen) atoms. The summed E-state index contributed by atoms with van der Waals surface area (Å²) in [4.78, 5) is 13.7. The van der Waals surface area contributed by atoms with E-state index < -0.39 is 0 Å². The van der Waals surface area contributed by atoms with E-state index in [9.17, 15) is 4.79 Å². The third-order valence-electron chi connectivity index (χ3n) is 3.02. The Bertz CT molecular complexity index is 460. The minimum Gasteiger partial charge on any atom is -0.493 e. The molecule has 0 radical (unpaired) electrons. The fourth-order valence-corrected chi connectivity index (χ4v) is 2.00. The van der Waals surface area contributed by atoms with Crippen molar-refractivity contribution < 1.29 is 19.0 Å². The number of methoxy groups -OCH3 is 2. The molecule has 0 amide bonds. The fourth-order valence-electron chi connectivity index (χ4n) is 2.00. The lowest BCUT2D eigenvalue weighted by Gasteiger charge is -2.20. The molecule has 5 nitrogen and oxygen atoms in total. The Hall–Kier alpha value is -1.75. The average Bonchev–Trinajstić information content (AvgIpc) is 2.45. The van der Waals surface area contributed by atoms with Crippen LogP contribution in [0.2, 0.25) is 0 Å². The van der Waals surface area contributed by atoms with Gasteiger partial charge in [0.15, 0.2) is 11.5 Å². The summed E-state index contributed by atoms with van der Waals surface area (Å²) in [6.07, 6.45) is -0.0858. The van der Waals surface area contributed by atoms with Crippen LogP contribution in [0.3, 0.4) is 0 Å². The molecule has 0 aliphatic heterocycles. The summed E-state index contributed by atoms with van der Waals surface area (Å²) < 4.78 is 15.7. The molecular formula is C16H25NO4. The van der Waals surface area contributed by atoms with Crippen molar-refractivity contribution >= 4 is 5.97 Å². The molecule has 0 fully saturated rings. The summed E-state index contributed by atoms with van der Waals surface area (Å²) in [7, 11) is 3.22. The lowest BCUT2D eigenvalue weighted by Crippen LogP contribution is -2.31. The Morgan fingerprint density at radius 2 is 1.86 bits per heavy atom. The first-order valence-corrected chi connectivity index (χ1v) is 7.12. The summed E-state index contributed by atoms with van der Waals surface area (Å²) in [5.41, 5.74) is 1.06. The zero-order chi connectivity index (χ0) is 15.8. The number of esters is 1. The number of carbonyl (C=O) groups excluding carboxylic acids is 1. The highest BCUT2D eigenvalue weighted by Gasteiger charge is 2.13. The molecule has 0 unspecified atom stereocenters. The van der Waals surface area contributed by atoms with Gasteiger partial charge in [-0.15, -0.1) is 0 Å². The van der Waals surface area contributed by atoms with Crippen LogP contribution in [-0.4, -0.2) is 44.3 Å². The number of rotatable bonds is 8. The highest BCUT2D eigenvalue weighted by atomic mass is 16.5. The van der Waals surface area contributed by atoms with Gasteiger partial charge in [0, 0.05) is 6.54 Å². The van der Waals surface area contributed by atoms with E-state index >= 15 is 0 Å². The van der Waals surface area contributed by atoms with Gasteiger partial charge in [-0.05, 0) is 38.1 Å². The smallest absolute Gasteiger partial charge is 0.320 e. The number of likely N-dealkylation sites (N-methyl/N-ethyl adjacent to an activating group) is 1. The summed E-state index contributed by atoms with van der Waals surface area (Å²) in [5, 5.41) is 0. The number of hydrogen-bond acceptors (Lipinski definition) is 5. The van der Waals surface area contributed by atoms with Crippen LogP contribution in [0.1, 0.15) is 26.3 Å². The van der Waals surface area contributed by atoms with Crippen molar-refractivity contribution in [1.82, 2.24) is 4.90 Å². The summed E-state index contributed by atoms with van der Waals surface area (Å²) in [6.45, 7) is 7.42. The normalized spacial score (nSPS) is 10.8. The molecule has 0 N–H and O–H groups in total. The number of carbonyl (C=O) groups is 1. The molecule has 0 saturated carbocycles. The molecular weight excluding hydrogens is 270 g/mol. The van der Waals surface area contributed by atoms with Gasteiger partial charge >= 0.3 is 5.97 Å². The van der Waals surface area contributed by atoms with E-state index in [4.69, 9.17) is 14.2 Å². The second-order valence-electron chi connectivity index (χ2n) is 5.03. The van der Waals surface area contributed by atoms with Crippen LogP contribution in [0.5, 0.6) is 11.5 Å². The van der Waals surface area contributed by atoms with Crippen molar-refractivity contribution in [3.05, 3.63) is 23.8 Å². The van der Waals surface area contributed by atoms with Crippen LogP contribution in [0.15, 0.2) is 18.2 Å². The Morgan fingerprint density at radius 3 is 2.38 bits per heavy atom. The minimum absolute atomic E-state index is 0.0858. The Kier molecular flexibility index (Phi) is 7.02. The highest BCUT2D eigenvalue weighted by Crippen LogP contribution is 2.27. The number of nitrogens with zero attached hydrogens (tertiary/aromatic N) is 1. The first-order chi connectivity index (χ1) is 9.99. The Labute approximate surface area is 126 Å². The average molecular weight is 295 g/mol. The molecule has 0 spiro atoms. The maximum absolute atomic E-state index is 11.7. The van der Waals surface area contributed by atoms with E-state index in [-0.39, 0.29) is 18.6 Å². The lowest BCUT2D eigenvalue weighted by atomic mass is 10.2. The maximum atomic E-state index is 11.7. The van der Waals surface area contributed by atoms with Crippen LogP contribution in [0.4, 0.5) is 0 Å². The molecule has 0 aromatic heterocycles. The molecule has 0 aliphatic carbocycles. The standard InChI is InChI=1S/C16H25NO4/c1-6-17(11-16(18)21-12(2)3)10-13-7-8-14(19-4)15(9-13)20-5/h7-9,12H,6,10-11H2,1-5H3. The van der Waals surface area contributed by atoms with E-state index in [1.54, 1.807) is 14.2 Å². The quantitative estimate of drug-likeness (QED) is 0.690. The molecule has 0 bridgehead atoms. The first kappa shape index (κ1) is 17.3. The van der Waals surface area contributed by atoms with Crippen molar-refractivity contribution in [2.45, 2.75) is 33.4 Å². The molecule has 0 saturated heterocycles. The Morgan fingerprint density at radius 1 is 1.19 bits per heavy atom. The van der Waals surface area contributed by atoms with E-state index in [0.717, 1.165) is 12.1 Å². The largest absolute Gasteiger partial charge is 0.493 e. The monoisotopic (exact) mass is 295 g/mol. The van der Waals surface area contributed by atoms with E-state index in [1.165, 1.54) is 0 Å². The Balaban J connectivity index is 2.70. The van der Waals surface area contributed by atoms with Gasteiger partial charge in [-0.3, -0.25) is 9.69 Å². The van der Waals surface area contributed by atoms with Crippen molar-refractivity contribution in [3.8, 4) is 11.5 Å². The van der Waals surface area contributed by atoms with Crippen LogP contribution in [0, 0.1) is 0 Å². The molecule has 0 heterocycles.